The summed E-state index contributed by atoms with van der Waals surface area (Å²) in [5.74, 6) is -2.28. The van der Waals surface area contributed by atoms with Crippen molar-refractivity contribution in [2.75, 3.05) is 97.7 Å². The molecule has 0 aliphatic carbocycles. The van der Waals surface area contributed by atoms with Gasteiger partial charge in [0.1, 0.15) is 12.1 Å². The molecule has 2 rings (SSSR count). The predicted octanol–water partition coefficient (Wildman–Crippen LogP) is 0.296. The van der Waals surface area contributed by atoms with Crippen LogP contribution < -0.4 is 27.0 Å². The summed E-state index contributed by atoms with van der Waals surface area (Å²) in [5.41, 5.74) is 6.44. The molecule has 1 aromatic rings. The Balaban J connectivity index is 1.50. The number of primary amides is 1. The zero-order valence-corrected chi connectivity index (χ0v) is 31.8. The van der Waals surface area contributed by atoms with Crippen LogP contribution in [-0.2, 0) is 52.4 Å². The number of carbonyl (C=O) groups excluding carboxylic acids is 6. The second kappa shape index (κ2) is 28.0. The number of imide groups is 1. The van der Waals surface area contributed by atoms with Crippen LogP contribution in [0.2, 0.25) is 0 Å². The first-order valence-corrected chi connectivity index (χ1v) is 18.3. The summed E-state index contributed by atoms with van der Waals surface area (Å²) in [7, 11) is 0. The van der Waals surface area contributed by atoms with Crippen molar-refractivity contribution in [3.63, 3.8) is 0 Å². The highest BCUT2D eigenvalue weighted by atomic mass is 16.6. The Morgan fingerprint density at radius 3 is 1.69 bits per heavy atom. The van der Waals surface area contributed by atoms with E-state index in [0.29, 0.717) is 71.6 Å². The van der Waals surface area contributed by atoms with Crippen LogP contribution in [0.15, 0.2) is 36.4 Å². The average Bonchev–Trinajstić information content (AvgIpc) is 3.47. The predicted molar refractivity (Wildman–Crippen MR) is 200 cm³/mol. The molecule has 1 aromatic carbocycles. The normalized spacial score (nSPS) is 13.6. The second-order valence-electron chi connectivity index (χ2n) is 12.6. The van der Waals surface area contributed by atoms with Crippen molar-refractivity contribution in [3.05, 3.63) is 48.9 Å². The maximum Gasteiger partial charge on any atom is 0.312 e. The van der Waals surface area contributed by atoms with Gasteiger partial charge in [-0.3, -0.25) is 28.9 Å². The van der Waals surface area contributed by atoms with E-state index in [1.165, 1.54) is 12.2 Å². The third-order valence-electron chi connectivity index (χ3n) is 7.78. The van der Waals surface area contributed by atoms with Crippen molar-refractivity contribution in [3.8, 4) is 0 Å². The number of anilines is 1. The van der Waals surface area contributed by atoms with Crippen molar-refractivity contribution < 1.29 is 57.2 Å². The van der Waals surface area contributed by atoms with Crippen LogP contribution in [0.25, 0.3) is 0 Å². The Kier molecular flexibility index (Phi) is 23.8. The van der Waals surface area contributed by atoms with Gasteiger partial charge in [0, 0.05) is 30.8 Å². The Morgan fingerprint density at radius 1 is 0.709 bits per heavy atom. The fourth-order valence-corrected chi connectivity index (χ4v) is 4.82. The van der Waals surface area contributed by atoms with E-state index in [2.05, 4.69) is 28.2 Å². The van der Waals surface area contributed by atoms with E-state index in [4.69, 9.17) is 34.2 Å². The number of carbonyl (C=O) groups is 6. The summed E-state index contributed by atoms with van der Waals surface area (Å²) < 4.78 is 32.6. The highest BCUT2D eigenvalue weighted by Crippen LogP contribution is 2.11. The van der Waals surface area contributed by atoms with Crippen LogP contribution in [0.5, 0.6) is 0 Å². The van der Waals surface area contributed by atoms with E-state index in [1.807, 2.05) is 0 Å². The standard InChI is InChI=1S/C37H57N6O12/c1-27(2)34(36(48)41-30(5-4-13-39-37(38)49)35(47)40-29-8-6-28(3)7-9-29)42-31(44)12-15-50-17-19-52-21-23-54-25-26-55-24-22-53-20-18-51-16-14-43-32(45)10-11-33(43)46/h6-11,27,30,34H,3-5,12-26H2,1-2H3,(H,40,47)(H,41,48)(H,42,44)(H3,38,39,49)/t30-,34-/m0/s1. The molecule has 18 nitrogen and oxygen atoms in total. The molecule has 307 valence electrons. The monoisotopic (exact) mass is 777 g/mol. The van der Waals surface area contributed by atoms with Crippen molar-refractivity contribution in [2.45, 2.75) is 45.2 Å². The SMILES string of the molecule is [CH2]c1ccc(NC(=O)[C@H](CCCNC(N)=O)NC(=O)[C@@H](NC(=O)CCOCCOCCOCCOCCOCCOCCN2C(=O)C=CC2=O)C(C)C)cc1. The molecule has 0 spiro atoms. The molecule has 1 aliphatic rings. The van der Waals surface area contributed by atoms with Crippen molar-refractivity contribution in [1.29, 1.82) is 0 Å². The number of nitrogens with zero attached hydrogens (tertiary/aromatic N) is 1. The molecular weight excluding hydrogens is 720 g/mol. The minimum absolute atomic E-state index is 0.0205. The molecule has 2 atom stereocenters. The Bertz CT molecular complexity index is 1340. The number of benzene rings is 1. The van der Waals surface area contributed by atoms with Gasteiger partial charge in [0.05, 0.1) is 85.8 Å². The number of amides is 7. The van der Waals surface area contributed by atoms with Gasteiger partial charge in [-0.25, -0.2) is 4.79 Å². The quantitative estimate of drug-likeness (QED) is 0.0506. The van der Waals surface area contributed by atoms with Gasteiger partial charge in [-0.15, -0.1) is 0 Å². The van der Waals surface area contributed by atoms with E-state index in [1.54, 1.807) is 38.1 Å². The summed E-state index contributed by atoms with van der Waals surface area (Å²) in [6, 6.07) is 4.36. The largest absolute Gasteiger partial charge is 0.379 e. The zero-order chi connectivity index (χ0) is 40.3. The molecule has 0 fully saturated rings. The van der Waals surface area contributed by atoms with Crippen LogP contribution in [0.4, 0.5) is 10.5 Å². The second-order valence-corrected chi connectivity index (χ2v) is 12.6. The smallest absolute Gasteiger partial charge is 0.312 e. The zero-order valence-electron chi connectivity index (χ0n) is 31.8. The molecule has 0 unspecified atom stereocenters. The fraction of sp³-hybridized carbons (Fsp3) is 0.595. The van der Waals surface area contributed by atoms with Gasteiger partial charge in [-0.1, -0.05) is 26.0 Å². The molecule has 0 aromatic heterocycles. The van der Waals surface area contributed by atoms with Crippen molar-refractivity contribution in [1.82, 2.24) is 20.9 Å². The molecule has 55 heavy (non-hydrogen) atoms. The van der Waals surface area contributed by atoms with Crippen LogP contribution in [0, 0.1) is 12.8 Å². The van der Waals surface area contributed by atoms with Gasteiger partial charge in [-0.05, 0) is 43.4 Å². The lowest BCUT2D eigenvalue weighted by molar-refractivity contribution is -0.137. The summed E-state index contributed by atoms with van der Waals surface area (Å²) in [6.45, 7) is 11.8. The molecule has 18 heteroatoms. The Hall–Kier alpha value is -4.46. The molecule has 1 radical (unpaired) electrons. The summed E-state index contributed by atoms with van der Waals surface area (Å²) >= 11 is 0. The topological polar surface area (TPSA) is 235 Å². The van der Waals surface area contributed by atoms with Crippen LogP contribution in [0.3, 0.4) is 0 Å². The minimum Gasteiger partial charge on any atom is -0.379 e. The lowest BCUT2D eigenvalue weighted by Crippen LogP contribution is -2.54. The van der Waals surface area contributed by atoms with Crippen LogP contribution >= 0.6 is 0 Å². The number of hydrogen-bond donors (Lipinski definition) is 5. The van der Waals surface area contributed by atoms with E-state index in [0.717, 1.165) is 10.5 Å². The van der Waals surface area contributed by atoms with Gasteiger partial charge in [0.2, 0.25) is 17.7 Å². The highest BCUT2D eigenvalue weighted by Gasteiger charge is 2.29. The number of hydrogen-bond acceptors (Lipinski definition) is 12. The molecule has 6 N–H and O–H groups in total. The lowest BCUT2D eigenvalue weighted by atomic mass is 10.0. The average molecular weight is 778 g/mol. The number of urea groups is 1. The third-order valence-corrected chi connectivity index (χ3v) is 7.78. The number of nitrogens with one attached hydrogen (secondary N) is 4. The van der Waals surface area contributed by atoms with E-state index >= 15 is 0 Å². The molecule has 0 bridgehead atoms. The number of rotatable bonds is 31. The van der Waals surface area contributed by atoms with Gasteiger partial charge in [0.25, 0.3) is 11.8 Å². The third kappa shape index (κ3) is 21.3. The summed E-state index contributed by atoms with van der Waals surface area (Å²) in [6.07, 6.45) is 3.08. The fourth-order valence-electron chi connectivity index (χ4n) is 4.82. The van der Waals surface area contributed by atoms with E-state index < -0.39 is 29.9 Å². The number of ether oxygens (including phenoxy) is 6. The highest BCUT2D eigenvalue weighted by molar-refractivity contribution is 6.12. The van der Waals surface area contributed by atoms with Crippen molar-refractivity contribution in [2.24, 2.45) is 11.7 Å². The Morgan fingerprint density at radius 2 is 1.20 bits per heavy atom. The first-order valence-electron chi connectivity index (χ1n) is 18.3. The van der Waals surface area contributed by atoms with Crippen LogP contribution in [-0.4, -0.2) is 145 Å². The number of nitrogens with two attached hydrogens (primary N) is 1. The molecule has 0 saturated carbocycles. The lowest BCUT2D eigenvalue weighted by Gasteiger charge is -2.25. The molecular formula is C37H57N6O12. The van der Waals surface area contributed by atoms with Gasteiger partial charge in [-0.2, -0.15) is 0 Å². The molecule has 1 aliphatic heterocycles. The minimum atomic E-state index is -0.939. The van der Waals surface area contributed by atoms with E-state index in [9.17, 15) is 28.8 Å². The maximum absolute atomic E-state index is 13.3. The van der Waals surface area contributed by atoms with Crippen LogP contribution in [0.1, 0.15) is 38.7 Å². The first kappa shape index (κ1) is 46.7. The summed E-state index contributed by atoms with van der Waals surface area (Å²) in [5, 5.41) is 10.7. The summed E-state index contributed by atoms with van der Waals surface area (Å²) in [4.78, 5) is 74.1. The molecule has 7 amide bonds. The van der Waals surface area contributed by atoms with Gasteiger partial charge >= 0.3 is 6.03 Å². The van der Waals surface area contributed by atoms with Gasteiger partial charge in [0.15, 0.2) is 0 Å². The Labute approximate surface area is 322 Å². The van der Waals surface area contributed by atoms with Gasteiger partial charge < -0.3 is 55.4 Å². The van der Waals surface area contributed by atoms with Crippen molar-refractivity contribution >= 4 is 41.3 Å². The van der Waals surface area contributed by atoms with E-state index in [-0.39, 0.29) is 69.4 Å². The maximum atomic E-state index is 13.3. The first-order chi connectivity index (χ1) is 26.5. The molecule has 0 saturated heterocycles. The molecule has 1 heterocycles.